The van der Waals surface area contributed by atoms with Gasteiger partial charge in [0.15, 0.2) is 8.07 Å². The minimum atomic E-state index is -5.33. The summed E-state index contributed by atoms with van der Waals surface area (Å²) < 4.78 is 134. The standard InChI is InChI=1S/C55H47N3Si/c1-54-33-14-15-34-55(54,2)58(53-32-35-56-39-50(53)54)43-30-31-52-49(38-43)48-28-12-13-29-51(48)57(52)42-21-17-27-47(37-42)59(44-22-8-4-9-23-44,45-24-10-5-11-25-45)46-26-16-20-41(36-46)40-18-6-3-7-19-40/h3-13,16-32,35-39H,14-15,33-34H2,1-2H3/i4D,5D,8D,9D,10D,11D,17D,21D,22D,23D,24D,25D,27D,37D. The molecule has 0 saturated heterocycles. The van der Waals surface area contributed by atoms with Crippen molar-refractivity contribution in [3.05, 3.63) is 206 Å². The van der Waals surface area contributed by atoms with Gasteiger partial charge in [-0.3, -0.25) is 4.98 Å². The minimum Gasteiger partial charge on any atom is -0.334 e. The first-order valence-electron chi connectivity index (χ1n) is 27.0. The molecule has 2 aromatic heterocycles. The third-order valence-electron chi connectivity index (χ3n) is 13.2. The van der Waals surface area contributed by atoms with Crippen LogP contribution < -0.4 is 25.6 Å². The van der Waals surface area contributed by atoms with Gasteiger partial charge in [0.05, 0.1) is 35.8 Å². The molecule has 4 heteroatoms. The van der Waals surface area contributed by atoms with Crippen LogP contribution in [0.15, 0.2) is 200 Å². The van der Waals surface area contributed by atoms with Crippen molar-refractivity contribution >= 4 is 62.0 Å². The number of hydrogen-bond donors (Lipinski definition) is 0. The van der Waals surface area contributed by atoms with Crippen molar-refractivity contribution in [1.29, 1.82) is 0 Å². The largest absolute Gasteiger partial charge is 0.334 e. The Labute approximate surface area is 367 Å². The van der Waals surface area contributed by atoms with Gasteiger partial charge in [-0.1, -0.05) is 165 Å². The number of aromatic nitrogens is 2. The van der Waals surface area contributed by atoms with Crippen molar-refractivity contribution in [1.82, 2.24) is 9.55 Å². The molecule has 0 spiro atoms. The number of benzene rings is 7. The molecular weight excluding hydrogens is 731 g/mol. The van der Waals surface area contributed by atoms with E-state index in [1.54, 1.807) is 28.8 Å². The summed E-state index contributed by atoms with van der Waals surface area (Å²) in [5.41, 5.74) is 4.84. The molecule has 3 nitrogen and oxygen atoms in total. The van der Waals surface area contributed by atoms with E-state index in [-0.39, 0.29) is 27.0 Å². The third kappa shape index (κ3) is 5.29. The average molecular weight is 792 g/mol. The minimum absolute atomic E-state index is 0.118. The highest BCUT2D eigenvalue weighted by Gasteiger charge is 2.57. The van der Waals surface area contributed by atoms with Crippen LogP contribution in [-0.4, -0.2) is 23.2 Å². The van der Waals surface area contributed by atoms with Crippen LogP contribution in [0.3, 0.4) is 0 Å². The van der Waals surface area contributed by atoms with Gasteiger partial charge < -0.3 is 9.47 Å². The smallest absolute Gasteiger partial charge is 0.179 e. The SMILES string of the molecule is [2H]c1c([2H])c([2H])c([Si](c2cccc(-c3ccccc3)c2)(c2c([2H])c([2H])c([2H])c([2H])c2[2H])c2c([2H])c([2H])c([2H])c(-n3c4ccccc4c4cc(N5c6ccncc6C6(C)CCCCC56C)ccc43)c2[2H])c([2H])c1[2H]. The van der Waals surface area contributed by atoms with Crippen LogP contribution in [-0.2, 0) is 5.41 Å². The second-order valence-electron chi connectivity index (χ2n) is 16.0. The van der Waals surface area contributed by atoms with Crippen molar-refractivity contribution in [3.63, 3.8) is 0 Å². The molecule has 3 heterocycles. The van der Waals surface area contributed by atoms with Gasteiger partial charge in [0.2, 0.25) is 0 Å². The Morgan fingerprint density at radius 3 is 2.07 bits per heavy atom. The lowest BCUT2D eigenvalue weighted by molar-refractivity contribution is 0.194. The van der Waals surface area contributed by atoms with Crippen molar-refractivity contribution in [3.8, 4) is 16.8 Å². The molecule has 2 aliphatic rings. The molecule has 1 fully saturated rings. The lowest BCUT2D eigenvalue weighted by Crippen LogP contribution is -2.74. The summed E-state index contributed by atoms with van der Waals surface area (Å²) in [5.74, 6) is 0. The van der Waals surface area contributed by atoms with E-state index in [4.69, 9.17) is 8.22 Å². The average Bonchev–Trinajstić information content (AvgIpc) is 3.83. The van der Waals surface area contributed by atoms with Crippen LogP contribution in [0, 0.1) is 0 Å². The summed E-state index contributed by atoms with van der Waals surface area (Å²) in [6.45, 7) is 4.64. The molecule has 7 aromatic carbocycles. The zero-order chi connectivity index (χ0) is 51.8. The van der Waals surface area contributed by atoms with E-state index in [1.807, 2.05) is 79.1 Å². The number of nitrogens with zero attached hydrogens (tertiary/aromatic N) is 3. The predicted octanol–water partition coefficient (Wildman–Crippen LogP) is 11.0. The van der Waals surface area contributed by atoms with E-state index >= 15 is 0 Å². The van der Waals surface area contributed by atoms with Crippen LogP contribution >= 0.6 is 0 Å². The predicted molar refractivity (Wildman–Crippen MR) is 250 cm³/mol. The normalized spacial score (nSPS) is 22.2. The quantitative estimate of drug-likeness (QED) is 0.118. The van der Waals surface area contributed by atoms with Crippen molar-refractivity contribution in [2.45, 2.75) is 50.5 Å². The summed E-state index contributed by atoms with van der Waals surface area (Å²) in [7, 11) is -5.33. The highest BCUT2D eigenvalue weighted by atomic mass is 28.3. The first-order chi connectivity index (χ1) is 34.8. The van der Waals surface area contributed by atoms with E-state index in [9.17, 15) is 11.0 Å². The zero-order valence-electron chi connectivity index (χ0n) is 46.6. The molecule has 0 amide bonds. The highest BCUT2D eigenvalue weighted by Crippen LogP contribution is 2.60. The van der Waals surface area contributed by atoms with Gasteiger partial charge in [0.25, 0.3) is 0 Å². The molecule has 0 radical (unpaired) electrons. The van der Waals surface area contributed by atoms with Crippen molar-refractivity contribution < 1.29 is 19.2 Å². The van der Waals surface area contributed by atoms with E-state index in [1.165, 1.54) is 5.56 Å². The molecule has 1 aliphatic heterocycles. The molecule has 1 saturated carbocycles. The molecule has 1 aliphatic carbocycles. The molecule has 2 unspecified atom stereocenters. The summed E-state index contributed by atoms with van der Waals surface area (Å²) in [4.78, 5) is 6.98. The maximum Gasteiger partial charge on any atom is 0.179 e. The summed E-state index contributed by atoms with van der Waals surface area (Å²) in [5, 5.41) is 0.301. The van der Waals surface area contributed by atoms with Crippen LogP contribution in [0.1, 0.15) is 64.3 Å². The molecule has 286 valence electrons. The van der Waals surface area contributed by atoms with Crippen molar-refractivity contribution in [2.75, 3.05) is 4.90 Å². The molecule has 59 heavy (non-hydrogen) atoms. The Morgan fingerprint density at radius 2 is 1.27 bits per heavy atom. The number of para-hydroxylation sites is 1. The Hall–Kier alpha value is -6.49. The topological polar surface area (TPSA) is 21.1 Å². The van der Waals surface area contributed by atoms with Gasteiger partial charge in [-0.2, -0.15) is 0 Å². The third-order valence-corrected chi connectivity index (χ3v) is 17.4. The maximum absolute atomic E-state index is 10.6. The summed E-state index contributed by atoms with van der Waals surface area (Å²) in [6, 6.07) is 21.3. The second-order valence-corrected chi connectivity index (χ2v) is 19.6. The van der Waals surface area contributed by atoms with Gasteiger partial charge in [-0.05, 0) is 94.1 Å². The molecule has 0 bridgehead atoms. The Bertz CT molecular complexity index is 3700. The van der Waals surface area contributed by atoms with Crippen LogP contribution in [0.25, 0.3) is 38.6 Å². The Kier molecular flexibility index (Phi) is 5.57. The van der Waals surface area contributed by atoms with Gasteiger partial charge in [0, 0.05) is 51.2 Å². The van der Waals surface area contributed by atoms with E-state index in [2.05, 4.69) is 35.9 Å². The Morgan fingerprint density at radius 1 is 0.576 bits per heavy atom. The molecular formula is C55H47N3Si. The van der Waals surface area contributed by atoms with E-state index in [0.29, 0.717) is 22.2 Å². The lowest BCUT2D eigenvalue weighted by Gasteiger charge is -2.50. The molecule has 0 N–H and O–H groups in total. The van der Waals surface area contributed by atoms with Gasteiger partial charge in [0.1, 0.15) is 0 Å². The lowest BCUT2D eigenvalue weighted by atomic mass is 9.62. The number of hydrogen-bond acceptors (Lipinski definition) is 2. The van der Waals surface area contributed by atoms with Gasteiger partial charge >= 0.3 is 0 Å². The fourth-order valence-electron chi connectivity index (χ4n) is 10.2. The summed E-state index contributed by atoms with van der Waals surface area (Å²) in [6.07, 6.45) is 7.89. The summed E-state index contributed by atoms with van der Waals surface area (Å²) >= 11 is 0. The molecule has 2 atom stereocenters. The highest BCUT2D eigenvalue weighted by molar-refractivity contribution is 7.20. The number of anilines is 2. The number of pyridine rings is 1. The van der Waals surface area contributed by atoms with Crippen LogP contribution in [0.2, 0.25) is 0 Å². The fourth-order valence-corrected chi connectivity index (χ4v) is 14.1. The monoisotopic (exact) mass is 791 g/mol. The molecule has 9 aromatic rings. The maximum atomic E-state index is 10.6. The van der Waals surface area contributed by atoms with Gasteiger partial charge in [-0.15, -0.1) is 0 Å². The fraction of sp³-hybridized carbons (Fsp3) is 0.145. The van der Waals surface area contributed by atoms with Crippen molar-refractivity contribution in [2.24, 2.45) is 0 Å². The van der Waals surface area contributed by atoms with E-state index in [0.717, 1.165) is 47.8 Å². The van der Waals surface area contributed by atoms with Crippen LogP contribution in [0.5, 0.6) is 0 Å². The Balaban J connectivity index is 1.30. The van der Waals surface area contributed by atoms with Gasteiger partial charge in [-0.25, -0.2) is 0 Å². The number of rotatable bonds is 7. The number of fused-ring (bicyclic) bond motifs is 6. The van der Waals surface area contributed by atoms with E-state index < -0.39 is 103 Å². The zero-order valence-corrected chi connectivity index (χ0v) is 33.6. The first kappa shape index (κ1) is 23.8. The van der Waals surface area contributed by atoms with Crippen LogP contribution in [0.4, 0.5) is 11.4 Å². The second kappa shape index (κ2) is 13.8. The molecule has 11 rings (SSSR count). The first-order valence-corrected chi connectivity index (χ1v) is 22.0.